The highest BCUT2D eigenvalue weighted by atomic mass is 19.3. The van der Waals surface area contributed by atoms with E-state index in [0.29, 0.717) is 5.75 Å². The zero-order valence-corrected chi connectivity index (χ0v) is 15.6. The first-order valence-electron chi connectivity index (χ1n) is 9.44. The second-order valence-electron chi connectivity index (χ2n) is 6.45. The van der Waals surface area contributed by atoms with Crippen molar-refractivity contribution in [3.8, 4) is 11.5 Å². The maximum absolute atomic E-state index is 12.1. The Labute approximate surface area is 159 Å². The molecule has 2 rings (SSSR count). The summed E-state index contributed by atoms with van der Waals surface area (Å²) >= 11 is 0. The van der Waals surface area contributed by atoms with Gasteiger partial charge in [-0.15, -0.1) is 0 Å². The number of carbonyl (C=O) groups excluding carboxylic acids is 1. The van der Waals surface area contributed by atoms with Crippen molar-refractivity contribution in [3.05, 3.63) is 59.7 Å². The van der Waals surface area contributed by atoms with Crippen LogP contribution in [0.15, 0.2) is 48.5 Å². The fourth-order valence-corrected chi connectivity index (χ4v) is 2.77. The molecule has 5 heteroatoms. The van der Waals surface area contributed by atoms with Gasteiger partial charge in [0.15, 0.2) is 0 Å². The third kappa shape index (κ3) is 7.77. The molecule has 0 heterocycles. The Morgan fingerprint density at radius 3 is 2.07 bits per heavy atom. The first-order valence-corrected chi connectivity index (χ1v) is 9.44. The number of halogens is 2. The predicted octanol–water partition coefficient (Wildman–Crippen LogP) is 6.41. The Kier molecular flexibility index (Phi) is 8.75. The van der Waals surface area contributed by atoms with E-state index in [9.17, 15) is 13.6 Å². The standard InChI is InChI=1S/C22H26F2O3/c1-2-3-4-5-6-7-8-17-9-13-19(14-10-17)26-21(25)18-11-15-20(16-12-18)27-22(23)24/h9-16,22H,2-8H2,1H3. The van der Waals surface area contributed by atoms with Crippen LogP contribution in [0.4, 0.5) is 8.78 Å². The summed E-state index contributed by atoms with van der Waals surface area (Å²) in [6.45, 7) is -0.678. The molecule has 0 atom stereocenters. The van der Waals surface area contributed by atoms with Crippen LogP contribution in [0.3, 0.4) is 0 Å². The van der Waals surface area contributed by atoms with Gasteiger partial charge in [-0.25, -0.2) is 4.79 Å². The number of alkyl halides is 2. The van der Waals surface area contributed by atoms with E-state index < -0.39 is 12.6 Å². The average molecular weight is 376 g/mol. The van der Waals surface area contributed by atoms with Gasteiger partial charge >= 0.3 is 12.6 Å². The molecule has 27 heavy (non-hydrogen) atoms. The Bertz CT molecular complexity index is 682. The number of hydrogen-bond donors (Lipinski definition) is 0. The normalized spacial score (nSPS) is 10.8. The van der Waals surface area contributed by atoms with E-state index in [0.717, 1.165) is 12.8 Å². The summed E-state index contributed by atoms with van der Waals surface area (Å²) in [7, 11) is 0. The van der Waals surface area contributed by atoms with Gasteiger partial charge in [0.05, 0.1) is 5.56 Å². The number of carbonyl (C=O) groups is 1. The number of rotatable bonds is 11. The van der Waals surface area contributed by atoms with Gasteiger partial charge in [0.25, 0.3) is 0 Å². The summed E-state index contributed by atoms with van der Waals surface area (Å²) in [6.07, 6.45) is 8.57. The summed E-state index contributed by atoms with van der Waals surface area (Å²) in [4.78, 5) is 12.1. The fraction of sp³-hybridized carbons (Fsp3) is 0.409. The maximum atomic E-state index is 12.1. The SMILES string of the molecule is CCCCCCCCc1ccc(OC(=O)c2ccc(OC(F)F)cc2)cc1. The summed E-state index contributed by atoms with van der Waals surface area (Å²) < 4.78 is 33.8. The lowest BCUT2D eigenvalue weighted by molar-refractivity contribution is -0.0498. The van der Waals surface area contributed by atoms with Gasteiger partial charge in [0.2, 0.25) is 0 Å². The van der Waals surface area contributed by atoms with Crippen LogP contribution in [-0.2, 0) is 6.42 Å². The highest BCUT2D eigenvalue weighted by Gasteiger charge is 2.10. The van der Waals surface area contributed by atoms with Crippen LogP contribution in [0, 0.1) is 0 Å². The number of unbranched alkanes of at least 4 members (excludes halogenated alkanes) is 5. The lowest BCUT2D eigenvalue weighted by atomic mass is 10.0. The molecule has 2 aromatic carbocycles. The van der Waals surface area contributed by atoms with Crippen LogP contribution in [0.2, 0.25) is 0 Å². The molecule has 0 saturated carbocycles. The minimum Gasteiger partial charge on any atom is -0.435 e. The van der Waals surface area contributed by atoms with Gasteiger partial charge in [-0.2, -0.15) is 8.78 Å². The van der Waals surface area contributed by atoms with E-state index in [1.165, 1.54) is 61.9 Å². The van der Waals surface area contributed by atoms with Crippen molar-refractivity contribution in [2.45, 2.75) is 58.5 Å². The molecule has 146 valence electrons. The topological polar surface area (TPSA) is 35.5 Å². The Morgan fingerprint density at radius 1 is 0.852 bits per heavy atom. The molecule has 0 aliphatic rings. The molecular weight excluding hydrogens is 350 g/mol. The van der Waals surface area contributed by atoms with E-state index in [4.69, 9.17) is 4.74 Å². The summed E-state index contributed by atoms with van der Waals surface area (Å²) in [6, 6.07) is 12.9. The molecule has 0 spiro atoms. The summed E-state index contributed by atoms with van der Waals surface area (Å²) in [5.74, 6) is -0.0810. The maximum Gasteiger partial charge on any atom is 0.387 e. The Morgan fingerprint density at radius 2 is 1.44 bits per heavy atom. The molecule has 0 amide bonds. The molecule has 0 bridgehead atoms. The zero-order chi connectivity index (χ0) is 19.5. The van der Waals surface area contributed by atoms with Crippen molar-refractivity contribution in [3.63, 3.8) is 0 Å². The Hall–Kier alpha value is -2.43. The molecule has 0 saturated heterocycles. The predicted molar refractivity (Wildman–Crippen MR) is 102 cm³/mol. The lowest BCUT2D eigenvalue weighted by Gasteiger charge is -2.07. The van der Waals surface area contributed by atoms with Crippen molar-refractivity contribution in [2.24, 2.45) is 0 Å². The highest BCUT2D eigenvalue weighted by Crippen LogP contribution is 2.19. The number of esters is 1. The molecule has 0 fully saturated rings. The number of aryl methyl sites for hydroxylation is 1. The summed E-state index contributed by atoms with van der Waals surface area (Å²) in [5.41, 5.74) is 1.49. The number of ether oxygens (including phenoxy) is 2. The minimum absolute atomic E-state index is 0.000553. The van der Waals surface area contributed by atoms with Crippen LogP contribution in [0.1, 0.15) is 61.4 Å². The van der Waals surface area contributed by atoms with E-state index in [1.807, 2.05) is 12.1 Å². The fourth-order valence-electron chi connectivity index (χ4n) is 2.77. The molecule has 3 nitrogen and oxygen atoms in total. The second-order valence-corrected chi connectivity index (χ2v) is 6.45. The van der Waals surface area contributed by atoms with E-state index in [-0.39, 0.29) is 11.3 Å². The third-order valence-electron chi connectivity index (χ3n) is 4.27. The first kappa shape index (κ1) is 20.9. The van der Waals surface area contributed by atoms with Crippen molar-refractivity contribution in [1.29, 1.82) is 0 Å². The van der Waals surface area contributed by atoms with E-state index in [2.05, 4.69) is 11.7 Å². The smallest absolute Gasteiger partial charge is 0.387 e. The number of benzene rings is 2. The lowest BCUT2D eigenvalue weighted by Crippen LogP contribution is -2.09. The van der Waals surface area contributed by atoms with Gasteiger partial charge in [-0.3, -0.25) is 0 Å². The largest absolute Gasteiger partial charge is 0.435 e. The quantitative estimate of drug-likeness (QED) is 0.258. The first-order chi connectivity index (χ1) is 13.1. The van der Waals surface area contributed by atoms with Crippen LogP contribution in [0.25, 0.3) is 0 Å². The molecule has 0 aromatic heterocycles. The van der Waals surface area contributed by atoms with E-state index >= 15 is 0 Å². The summed E-state index contributed by atoms with van der Waals surface area (Å²) in [5, 5.41) is 0. The van der Waals surface area contributed by atoms with Crippen molar-refractivity contribution < 1.29 is 23.0 Å². The molecule has 0 radical (unpaired) electrons. The van der Waals surface area contributed by atoms with Gasteiger partial charge in [-0.1, -0.05) is 51.2 Å². The highest BCUT2D eigenvalue weighted by molar-refractivity contribution is 5.91. The van der Waals surface area contributed by atoms with Crippen LogP contribution in [-0.4, -0.2) is 12.6 Å². The van der Waals surface area contributed by atoms with Gasteiger partial charge in [0, 0.05) is 0 Å². The van der Waals surface area contributed by atoms with Gasteiger partial charge < -0.3 is 9.47 Å². The van der Waals surface area contributed by atoms with Crippen molar-refractivity contribution in [1.82, 2.24) is 0 Å². The number of hydrogen-bond acceptors (Lipinski definition) is 3. The molecule has 0 N–H and O–H groups in total. The molecule has 2 aromatic rings. The van der Waals surface area contributed by atoms with E-state index in [1.54, 1.807) is 12.1 Å². The van der Waals surface area contributed by atoms with Crippen molar-refractivity contribution >= 4 is 5.97 Å². The van der Waals surface area contributed by atoms with Gasteiger partial charge in [0.1, 0.15) is 11.5 Å². The molecular formula is C22H26F2O3. The molecule has 0 aliphatic heterocycles. The molecule has 0 aliphatic carbocycles. The average Bonchev–Trinajstić information content (AvgIpc) is 2.66. The van der Waals surface area contributed by atoms with Crippen molar-refractivity contribution in [2.75, 3.05) is 0 Å². The second kappa shape index (κ2) is 11.3. The molecule has 0 unspecified atom stereocenters. The monoisotopic (exact) mass is 376 g/mol. The third-order valence-corrected chi connectivity index (χ3v) is 4.27. The van der Waals surface area contributed by atoms with Gasteiger partial charge in [-0.05, 0) is 54.8 Å². The van der Waals surface area contributed by atoms with Crippen LogP contribution < -0.4 is 9.47 Å². The van der Waals surface area contributed by atoms with Crippen LogP contribution in [0.5, 0.6) is 11.5 Å². The van der Waals surface area contributed by atoms with Crippen LogP contribution >= 0.6 is 0 Å². The Balaban J connectivity index is 1.78. The minimum atomic E-state index is -2.89. The zero-order valence-electron chi connectivity index (χ0n) is 15.6.